The summed E-state index contributed by atoms with van der Waals surface area (Å²) in [5.74, 6) is 1.60. The standard InChI is InChI=1S/C15H13BrO2/c1-10-9-13(16)5-8-15(10)18-14-6-3-12(4-7-14)11(2)17/h3-9H,1-2H3. The van der Waals surface area contributed by atoms with Crippen LogP contribution in [0.1, 0.15) is 22.8 Å². The van der Waals surface area contributed by atoms with Gasteiger partial charge in [-0.15, -0.1) is 0 Å². The van der Waals surface area contributed by atoms with Crippen molar-refractivity contribution in [1.82, 2.24) is 0 Å². The van der Waals surface area contributed by atoms with Crippen molar-refractivity contribution in [2.45, 2.75) is 13.8 Å². The molecule has 2 rings (SSSR count). The number of ketones is 1. The van der Waals surface area contributed by atoms with Crippen LogP contribution in [0.25, 0.3) is 0 Å². The van der Waals surface area contributed by atoms with E-state index in [-0.39, 0.29) is 5.78 Å². The van der Waals surface area contributed by atoms with E-state index in [0.29, 0.717) is 5.56 Å². The molecule has 0 spiro atoms. The van der Waals surface area contributed by atoms with Gasteiger partial charge < -0.3 is 4.74 Å². The molecule has 0 heterocycles. The Bertz CT molecular complexity index is 574. The fourth-order valence-corrected chi connectivity index (χ4v) is 2.09. The van der Waals surface area contributed by atoms with Gasteiger partial charge in [-0.2, -0.15) is 0 Å². The molecule has 18 heavy (non-hydrogen) atoms. The first-order chi connectivity index (χ1) is 8.56. The van der Waals surface area contributed by atoms with Crippen molar-refractivity contribution >= 4 is 21.7 Å². The average Bonchev–Trinajstić information content (AvgIpc) is 2.33. The lowest BCUT2D eigenvalue weighted by Crippen LogP contribution is -1.92. The Labute approximate surface area is 115 Å². The molecule has 0 fully saturated rings. The zero-order chi connectivity index (χ0) is 13.1. The number of hydrogen-bond acceptors (Lipinski definition) is 2. The van der Waals surface area contributed by atoms with Gasteiger partial charge >= 0.3 is 0 Å². The van der Waals surface area contributed by atoms with Crippen molar-refractivity contribution in [3.05, 3.63) is 58.1 Å². The molecule has 0 bridgehead atoms. The lowest BCUT2D eigenvalue weighted by Gasteiger charge is -2.09. The molecule has 0 aliphatic carbocycles. The Morgan fingerprint density at radius 1 is 1.11 bits per heavy atom. The van der Waals surface area contributed by atoms with E-state index in [4.69, 9.17) is 4.74 Å². The van der Waals surface area contributed by atoms with E-state index in [9.17, 15) is 4.79 Å². The van der Waals surface area contributed by atoms with Crippen LogP contribution in [0.2, 0.25) is 0 Å². The molecule has 0 N–H and O–H groups in total. The molecule has 0 radical (unpaired) electrons. The molecule has 0 saturated heterocycles. The molecule has 0 saturated carbocycles. The first kappa shape index (κ1) is 12.8. The Balaban J connectivity index is 2.21. The van der Waals surface area contributed by atoms with E-state index >= 15 is 0 Å². The van der Waals surface area contributed by atoms with Crippen molar-refractivity contribution in [1.29, 1.82) is 0 Å². The summed E-state index contributed by atoms with van der Waals surface area (Å²) in [6.45, 7) is 3.54. The summed E-state index contributed by atoms with van der Waals surface area (Å²) in [5, 5.41) is 0. The van der Waals surface area contributed by atoms with Crippen LogP contribution in [0, 0.1) is 6.92 Å². The smallest absolute Gasteiger partial charge is 0.159 e. The molecular formula is C15H13BrO2. The van der Waals surface area contributed by atoms with Gasteiger partial charge in [0.15, 0.2) is 5.78 Å². The summed E-state index contributed by atoms with van der Waals surface area (Å²) >= 11 is 3.41. The van der Waals surface area contributed by atoms with Crippen molar-refractivity contribution in [2.75, 3.05) is 0 Å². The molecule has 3 heteroatoms. The average molecular weight is 305 g/mol. The first-order valence-corrected chi connectivity index (χ1v) is 6.40. The van der Waals surface area contributed by atoms with Gasteiger partial charge in [-0.25, -0.2) is 0 Å². The maximum atomic E-state index is 11.2. The molecule has 0 amide bonds. The summed E-state index contributed by atoms with van der Waals surface area (Å²) in [4.78, 5) is 11.2. The van der Waals surface area contributed by atoms with E-state index < -0.39 is 0 Å². The predicted molar refractivity (Wildman–Crippen MR) is 75.4 cm³/mol. The number of hydrogen-bond donors (Lipinski definition) is 0. The van der Waals surface area contributed by atoms with Crippen LogP contribution in [0.4, 0.5) is 0 Å². The van der Waals surface area contributed by atoms with Gasteiger partial charge in [0, 0.05) is 10.0 Å². The van der Waals surface area contributed by atoms with Gasteiger partial charge in [0.05, 0.1) is 0 Å². The molecule has 2 aromatic rings. The van der Waals surface area contributed by atoms with Gasteiger partial charge in [0.2, 0.25) is 0 Å². The number of Topliss-reactive ketones (excluding diaryl/α,β-unsaturated/α-hetero) is 1. The number of rotatable bonds is 3. The third-order valence-electron chi connectivity index (χ3n) is 2.63. The highest BCUT2D eigenvalue weighted by Gasteiger charge is 2.03. The number of aryl methyl sites for hydroxylation is 1. The Hall–Kier alpha value is -1.61. The third kappa shape index (κ3) is 2.99. The van der Waals surface area contributed by atoms with Crippen LogP contribution >= 0.6 is 15.9 Å². The van der Waals surface area contributed by atoms with Crippen LogP contribution in [-0.4, -0.2) is 5.78 Å². The monoisotopic (exact) mass is 304 g/mol. The summed E-state index contributed by atoms with van der Waals surface area (Å²) < 4.78 is 6.79. The van der Waals surface area contributed by atoms with Gasteiger partial charge in [-0.05, 0) is 61.9 Å². The highest BCUT2D eigenvalue weighted by atomic mass is 79.9. The lowest BCUT2D eigenvalue weighted by atomic mass is 10.1. The lowest BCUT2D eigenvalue weighted by molar-refractivity contribution is 0.101. The van der Waals surface area contributed by atoms with Gasteiger partial charge in [-0.1, -0.05) is 15.9 Å². The zero-order valence-corrected chi connectivity index (χ0v) is 11.8. The number of halogens is 1. The van der Waals surface area contributed by atoms with Crippen LogP contribution in [0.5, 0.6) is 11.5 Å². The van der Waals surface area contributed by atoms with Crippen molar-refractivity contribution in [3.63, 3.8) is 0 Å². The van der Waals surface area contributed by atoms with Gasteiger partial charge in [0.1, 0.15) is 11.5 Å². The van der Waals surface area contributed by atoms with Crippen molar-refractivity contribution < 1.29 is 9.53 Å². The summed E-state index contributed by atoms with van der Waals surface area (Å²) in [6.07, 6.45) is 0. The number of benzene rings is 2. The Morgan fingerprint density at radius 3 is 2.33 bits per heavy atom. The second-order valence-corrected chi connectivity index (χ2v) is 5.01. The minimum absolute atomic E-state index is 0.0568. The molecular weight excluding hydrogens is 292 g/mol. The minimum Gasteiger partial charge on any atom is -0.457 e. The van der Waals surface area contributed by atoms with Crippen molar-refractivity contribution in [3.8, 4) is 11.5 Å². The maximum absolute atomic E-state index is 11.2. The van der Waals surface area contributed by atoms with Crippen LogP contribution in [0.3, 0.4) is 0 Å². The fourth-order valence-electron chi connectivity index (χ4n) is 1.61. The second kappa shape index (κ2) is 5.36. The predicted octanol–water partition coefficient (Wildman–Crippen LogP) is 4.75. The van der Waals surface area contributed by atoms with Crippen LogP contribution < -0.4 is 4.74 Å². The summed E-state index contributed by atoms with van der Waals surface area (Å²) in [7, 11) is 0. The molecule has 2 nitrogen and oxygen atoms in total. The topological polar surface area (TPSA) is 26.3 Å². The van der Waals surface area contributed by atoms with E-state index in [1.165, 1.54) is 0 Å². The van der Waals surface area contributed by atoms with E-state index in [1.54, 1.807) is 31.2 Å². The highest BCUT2D eigenvalue weighted by molar-refractivity contribution is 9.10. The molecule has 2 aromatic carbocycles. The number of carbonyl (C=O) groups excluding carboxylic acids is 1. The van der Waals surface area contributed by atoms with Gasteiger partial charge in [0.25, 0.3) is 0 Å². The largest absolute Gasteiger partial charge is 0.457 e. The third-order valence-corrected chi connectivity index (χ3v) is 3.12. The highest BCUT2D eigenvalue weighted by Crippen LogP contribution is 2.27. The van der Waals surface area contributed by atoms with Crippen molar-refractivity contribution in [2.24, 2.45) is 0 Å². The molecule has 92 valence electrons. The van der Waals surface area contributed by atoms with Crippen LogP contribution in [-0.2, 0) is 0 Å². The number of ether oxygens (including phenoxy) is 1. The zero-order valence-electron chi connectivity index (χ0n) is 10.2. The minimum atomic E-state index is 0.0568. The molecule has 0 aliphatic heterocycles. The van der Waals surface area contributed by atoms with E-state index in [1.807, 2.05) is 25.1 Å². The van der Waals surface area contributed by atoms with E-state index in [0.717, 1.165) is 21.5 Å². The molecule has 0 unspecified atom stereocenters. The quantitative estimate of drug-likeness (QED) is 0.765. The number of carbonyl (C=O) groups is 1. The second-order valence-electron chi connectivity index (χ2n) is 4.09. The fraction of sp³-hybridized carbons (Fsp3) is 0.133. The normalized spacial score (nSPS) is 10.2. The maximum Gasteiger partial charge on any atom is 0.159 e. The SMILES string of the molecule is CC(=O)c1ccc(Oc2ccc(Br)cc2C)cc1. The molecule has 0 aromatic heterocycles. The summed E-state index contributed by atoms with van der Waals surface area (Å²) in [5.41, 5.74) is 1.75. The van der Waals surface area contributed by atoms with Crippen LogP contribution in [0.15, 0.2) is 46.9 Å². The van der Waals surface area contributed by atoms with Gasteiger partial charge in [-0.3, -0.25) is 4.79 Å². The molecule has 0 atom stereocenters. The Kier molecular flexibility index (Phi) is 3.82. The van der Waals surface area contributed by atoms with E-state index in [2.05, 4.69) is 15.9 Å². The molecule has 0 aliphatic rings. The summed E-state index contributed by atoms with van der Waals surface area (Å²) in [6, 6.07) is 13.0. The first-order valence-electron chi connectivity index (χ1n) is 5.61. The Morgan fingerprint density at radius 2 is 1.78 bits per heavy atom.